The number of hydrogen-bond donors (Lipinski definition) is 2. The van der Waals surface area contributed by atoms with E-state index >= 15 is 0 Å². The number of rotatable bonds is 7. The zero-order chi connectivity index (χ0) is 16.8. The third-order valence-corrected chi connectivity index (χ3v) is 4.90. The highest BCUT2D eigenvalue weighted by Crippen LogP contribution is 2.31. The molecule has 2 aliphatic rings. The van der Waals surface area contributed by atoms with Crippen LogP contribution in [0.4, 0.5) is 16.2 Å². The smallest absolute Gasteiger partial charge is 0.322 e. The van der Waals surface area contributed by atoms with Gasteiger partial charge in [0.25, 0.3) is 0 Å². The fourth-order valence-corrected chi connectivity index (χ4v) is 3.41. The van der Waals surface area contributed by atoms with Crippen LogP contribution in [0.5, 0.6) is 0 Å². The molecular formula is C19H29N3O2. The van der Waals surface area contributed by atoms with Gasteiger partial charge in [0.2, 0.25) is 0 Å². The Balaban J connectivity index is 1.66. The summed E-state index contributed by atoms with van der Waals surface area (Å²) in [6, 6.07) is 8.51. The number of carbonyl (C=O) groups is 1. The highest BCUT2D eigenvalue weighted by Gasteiger charge is 2.32. The summed E-state index contributed by atoms with van der Waals surface area (Å²) in [5, 5.41) is 12.1. The Kier molecular flexibility index (Phi) is 5.96. The van der Waals surface area contributed by atoms with Crippen LogP contribution in [0.1, 0.15) is 44.9 Å². The Morgan fingerprint density at radius 2 is 1.92 bits per heavy atom. The van der Waals surface area contributed by atoms with E-state index in [1.165, 1.54) is 19.3 Å². The number of hydrogen-bond acceptors (Lipinski definition) is 3. The van der Waals surface area contributed by atoms with Crippen LogP contribution in [-0.4, -0.2) is 48.3 Å². The summed E-state index contributed by atoms with van der Waals surface area (Å²) in [6.45, 7) is 3.05. The summed E-state index contributed by atoms with van der Waals surface area (Å²) in [7, 11) is 0. The minimum atomic E-state index is -0.0000933. The highest BCUT2D eigenvalue weighted by atomic mass is 16.3. The summed E-state index contributed by atoms with van der Waals surface area (Å²) < 4.78 is 0. The number of urea groups is 1. The van der Waals surface area contributed by atoms with E-state index in [9.17, 15) is 4.79 Å². The Morgan fingerprint density at radius 3 is 2.62 bits per heavy atom. The quantitative estimate of drug-likeness (QED) is 0.753. The van der Waals surface area contributed by atoms with Crippen molar-refractivity contribution in [3.63, 3.8) is 0 Å². The molecule has 1 aromatic rings. The Bertz CT molecular complexity index is 539. The molecule has 5 nitrogen and oxygen atoms in total. The maximum absolute atomic E-state index is 12.8. The normalized spacial score (nSPS) is 17.6. The van der Waals surface area contributed by atoms with Crippen LogP contribution in [0.3, 0.4) is 0 Å². The molecule has 24 heavy (non-hydrogen) atoms. The second-order valence-corrected chi connectivity index (χ2v) is 6.85. The van der Waals surface area contributed by atoms with Gasteiger partial charge in [-0.2, -0.15) is 0 Å². The molecule has 0 aromatic heterocycles. The molecule has 1 saturated carbocycles. The number of unbranched alkanes of at least 4 members (excludes halogenated alkanes) is 1. The van der Waals surface area contributed by atoms with Crippen molar-refractivity contribution >= 4 is 17.4 Å². The van der Waals surface area contributed by atoms with Crippen molar-refractivity contribution in [2.24, 2.45) is 0 Å². The fraction of sp³-hybridized carbons (Fsp3) is 0.632. The van der Waals surface area contributed by atoms with Crippen molar-refractivity contribution < 1.29 is 9.90 Å². The lowest BCUT2D eigenvalue weighted by molar-refractivity contribution is 0.204. The van der Waals surface area contributed by atoms with Crippen LogP contribution >= 0.6 is 0 Å². The van der Waals surface area contributed by atoms with E-state index < -0.39 is 0 Å². The van der Waals surface area contributed by atoms with Gasteiger partial charge in [-0.1, -0.05) is 12.1 Å². The molecule has 2 fully saturated rings. The van der Waals surface area contributed by atoms with Crippen LogP contribution in [0, 0.1) is 0 Å². The number of anilines is 2. The SMILES string of the molecule is O=C(Nc1ccccc1N1CCCCC1)N(CCCCO)C1CC1. The molecule has 1 heterocycles. The number of nitrogens with one attached hydrogen (secondary N) is 1. The van der Waals surface area contributed by atoms with Gasteiger partial charge in [0, 0.05) is 32.3 Å². The van der Waals surface area contributed by atoms with Crippen LogP contribution in [0.2, 0.25) is 0 Å². The predicted octanol–water partition coefficient (Wildman–Crippen LogP) is 3.45. The largest absolute Gasteiger partial charge is 0.396 e. The van der Waals surface area contributed by atoms with E-state index in [0.717, 1.165) is 56.7 Å². The summed E-state index contributed by atoms with van der Waals surface area (Å²) in [5.74, 6) is 0. The number of benzene rings is 1. The van der Waals surface area contributed by atoms with Crippen LogP contribution < -0.4 is 10.2 Å². The molecular weight excluding hydrogens is 302 g/mol. The summed E-state index contributed by atoms with van der Waals surface area (Å²) in [5.41, 5.74) is 2.05. The number of para-hydroxylation sites is 2. The number of amides is 2. The molecule has 1 aromatic carbocycles. The average molecular weight is 331 g/mol. The molecule has 0 radical (unpaired) electrons. The molecule has 2 N–H and O–H groups in total. The van der Waals surface area contributed by atoms with Crippen molar-refractivity contribution in [3.8, 4) is 0 Å². The van der Waals surface area contributed by atoms with Gasteiger partial charge in [0.15, 0.2) is 0 Å². The van der Waals surface area contributed by atoms with Crippen molar-refractivity contribution in [2.75, 3.05) is 36.5 Å². The third kappa shape index (κ3) is 4.41. The number of aliphatic hydroxyl groups is 1. The van der Waals surface area contributed by atoms with Crippen molar-refractivity contribution in [1.29, 1.82) is 0 Å². The molecule has 0 spiro atoms. The number of carbonyl (C=O) groups excluding carboxylic acids is 1. The second kappa shape index (κ2) is 8.38. The molecule has 3 rings (SSSR count). The van der Waals surface area contributed by atoms with Gasteiger partial charge < -0.3 is 20.2 Å². The molecule has 5 heteroatoms. The van der Waals surface area contributed by atoms with E-state index in [2.05, 4.69) is 16.3 Å². The minimum Gasteiger partial charge on any atom is -0.396 e. The lowest BCUT2D eigenvalue weighted by Gasteiger charge is -2.31. The number of aliphatic hydroxyl groups excluding tert-OH is 1. The van der Waals surface area contributed by atoms with Gasteiger partial charge in [0.05, 0.1) is 11.4 Å². The van der Waals surface area contributed by atoms with E-state index in [1.807, 2.05) is 23.1 Å². The van der Waals surface area contributed by atoms with Crippen molar-refractivity contribution in [1.82, 2.24) is 4.90 Å². The van der Waals surface area contributed by atoms with E-state index in [1.54, 1.807) is 0 Å². The van der Waals surface area contributed by atoms with E-state index in [-0.39, 0.29) is 12.6 Å². The highest BCUT2D eigenvalue weighted by molar-refractivity contribution is 5.93. The van der Waals surface area contributed by atoms with E-state index in [4.69, 9.17) is 5.11 Å². The molecule has 0 unspecified atom stereocenters. The van der Waals surface area contributed by atoms with Crippen LogP contribution in [0.15, 0.2) is 24.3 Å². The van der Waals surface area contributed by atoms with Gasteiger partial charge in [0.1, 0.15) is 0 Å². The van der Waals surface area contributed by atoms with Gasteiger partial charge >= 0.3 is 6.03 Å². The van der Waals surface area contributed by atoms with Gasteiger partial charge in [-0.25, -0.2) is 4.79 Å². The molecule has 0 atom stereocenters. The first-order valence-electron chi connectivity index (χ1n) is 9.32. The van der Waals surface area contributed by atoms with Crippen molar-refractivity contribution in [3.05, 3.63) is 24.3 Å². The maximum atomic E-state index is 12.8. The van der Waals surface area contributed by atoms with Gasteiger partial charge in [-0.05, 0) is 57.1 Å². The molecule has 2 amide bonds. The monoisotopic (exact) mass is 331 g/mol. The zero-order valence-electron chi connectivity index (χ0n) is 14.4. The molecule has 132 valence electrons. The third-order valence-electron chi connectivity index (χ3n) is 4.90. The minimum absolute atomic E-state index is 0.0000933. The Hall–Kier alpha value is -1.75. The topological polar surface area (TPSA) is 55.8 Å². The fourth-order valence-electron chi connectivity index (χ4n) is 3.41. The Morgan fingerprint density at radius 1 is 1.17 bits per heavy atom. The second-order valence-electron chi connectivity index (χ2n) is 6.85. The molecule has 1 aliphatic heterocycles. The summed E-state index contributed by atoms with van der Waals surface area (Å²) >= 11 is 0. The standard InChI is InChI=1S/C19H29N3O2/c23-15-7-6-14-22(16-10-11-16)19(24)20-17-8-2-3-9-18(17)21-12-4-1-5-13-21/h2-3,8-9,16,23H,1,4-7,10-15H2,(H,20,24). The van der Waals surface area contributed by atoms with Crippen LogP contribution in [0.25, 0.3) is 0 Å². The average Bonchev–Trinajstić information content (AvgIpc) is 3.45. The van der Waals surface area contributed by atoms with Crippen LogP contribution in [-0.2, 0) is 0 Å². The van der Waals surface area contributed by atoms with Gasteiger partial charge in [-0.15, -0.1) is 0 Å². The summed E-state index contributed by atoms with van der Waals surface area (Å²) in [4.78, 5) is 17.1. The zero-order valence-corrected chi connectivity index (χ0v) is 14.4. The first-order valence-corrected chi connectivity index (χ1v) is 9.32. The number of piperidine rings is 1. The van der Waals surface area contributed by atoms with E-state index in [0.29, 0.717) is 6.04 Å². The lowest BCUT2D eigenvalue weighted by atomic mass is 10.1. The first-order chi connectivity index (χ1) is 11.8. The summed E-state index contributed by atoms with van der Waals surface area (Å²) in [6.07, 6.45) is 7.54. The molecule has 1 aliphatic carbocycles. The maximum Gasteiger partial charge on any atom is 0.322 e. The molecule has 1 saturated heterocycles. The van der Waals surface area contributed by atoms with Gasteiger partial charge in [-0.3, -0.25) is 0 Å². The number of nitrogens with zero attached hydrogens (tertiary/aromatic N) is 2. The first kappa shape index (κ1) is 17.1. The van der Waals surface area contributed by atoms with Crippen molar-refractivity contribution in [2.45, 2.75) is 51.0 Å². The molecule has 0 bridgehead atoms. The lowest BCUT2D eigenvalue weighted by Crippen LogP contribution is -2.38. The predicted molar refractivity (Wildman–Crippen MR) is 97.6 cm³/mol. The Labute approximate surface area is 144 Å².